The van der Waals surface area contributed by atoms with Gasteiger partial charge in [-0.05, 0) is 37.3 Å². The van der Waals surface area contributed by atoms with Crippen LogP contribution in [0.5, 0.6) is 0 Å². The molecule has 2 aromatic heterocycles. The SMILES string of the molecule is COC1CCN(c2nn3c4c(ccc3c2N)CCC4)C1. The smallest absolute Gasteiger partial charge is 0.175 e. The Morgan fingerprint density at radius 1 is 1.35 bits per heavy atom. The van der Waals surface area contributed by atoms with Gasteiger partial charge in [0.05, 0.1) is 11.6 Å². The number of ether oxygens (including phenoxy) is 1. The molecule has 2 aliphatic rings. The number of nitrogen functional groups attached to an aromatic ring is 1. The van der Waals surface area contributed by atoms with E-state index in [0.29, 0.717) is 6.10 Å². The van der Waals surface area contributed by atoms with E-state index in [2.05, 4.69) is 21.5 Å². The van der Waals surface area contributed by atoms with Crippen LogP contribution in [0.2, 0.25) is 0 Å². The molecule has 1 saturated heterocycles. The zero-order valence-corrected chi connectivity index (χ0v) is 11.8. The van der Waals surface area contributed by atoms with Crippen LogP contribution in [0.1, 0.15) is 24.1 Å². The fourth-order valence-corrected chi connectivity index (χ4v) is 3.50. The molecule has 1 atom stereocenters. The van der Waals surface area contributed by atoms with Crippen molar-refractivity contribution in [3.63, 3.8) is 0 Å². The summed E-state index contributed by atoms with van der Waals surface area (Å²) in [6, 6.07) is 4.32. The molecule has 106 valence electrons. The number of hydrogen-bond donors (Lipinski definition) is 1. The molecule has 0 bridgehead atoms. The fourth-order valence-electron chi connectivity index (χ4n) is 3.50. The number of nitrogens with two attached hydrogens (primary N) is 1. The van der Waals surface area contributed by atoms with Crippen LogP contribution in [0.3, 0.4) is 0 Å². The summed E-state index contributed by atoms with van der Waals surface area (Å²) < 4.78 is 7.50. The molecule has 1 fully saturated rings. The monoisotopic (exact) mass is 272 g/mol. The predicted molar refractivity (Wildman–Crippen MR) is 79.3 cm³/mol. The Morgan fingerprint density at radius 3 is 3.05 bits per heavy atom. The highest BCUT2D eigenvalue weighted by Gasteiger charge is 2.27. The van der Waals surface area contributed by atoms with E-state index < -0.39 is 0 Å². The van der Waals surface area contributed by atoms with Crippen molar-refractivity contribution in [1.82, 2.24) is 9.61 Å². The molecule has 1 unspecified atom stereocenters. The van der Waals surface area contributed by atoms with Gasteiger partial charge >= 0.3 is 0 Å². The topological polar surface area (TPSA) is 55.8 Å². The number of rotatable bonds is 2. The maximum atomic E-state index is 6.33. The number of nitrogens with zero attached hydrogens (tertiary/aromatic N) is 3. The highest BCUT2D eigenvalue weighted by molar-refractivity contribution is 5.82. The number of hydrogen-bond acceptors (Lipinski definition) is 4. The minimum absolute atomic E-state index is 0.296. The lowest BCUT2D eigenvalue weighted by atomic mass is 10.2. The van der Waals surface area contributed by atoms with Crippen molar-refractivity contribution in [3.8, 4) is 0 Å². The minimum Gasteiger partial charge on any atom is -0.394 e. The average molecular weight is 272 g/mol. The van der Waals surface area contributed by atoms with Crippen LogP contribution in [-0.4, -0.2) is 35.9 Å². The third-order valence-corrected chi connectivity index (χ3v) is 4.65. The number of aromatic nitrogens is 2. The first-order valence-electron chi connectivity index (χ1n) is 7.34. The Balaban J connectivity index is 1.80. The van der Waals surface area contributed by atoms with E-state index in [1.807, 2.05) is 0 Å². The summed E-state index contributed by atoms with van der Waals surface area (Å²) in [5, 5.41) is 4.80. The second kappa shape index (κ2) is 4.38. The second-order valence-electron chi connectivity index (χ2n) is 5.79. The quantitative estimate of drug-likeness (QED) is 0.903. The maximum Gasteiger partial charge on any atom is 0.175 e. The molecule has 20 heavy (non-hydrogen) atoms. The van der Waals surface area contributed by atoms with Crippen LogP contribution in [0.25, 0.3) is 5.52 Å². The van der Waals surface area contributed by atoms with Crippen LogP contribution < -0.4 is 10.6 Å². The van der Waals surface area contributed by atoms with E-state index in [0.717, 1.165) is 49.4 Å². The van der Waals surface area contributed by atoms with Crippen molar-refractivity contribution in [2.24, 2.45) is 0 Å². The van der Waals surface area contributed by atoms with E-state index >= 15 is 0 Å². The molecule has 2 N–H and O–H groups in total. The highest BCUT2D eigenvalue weighted by Crippen LogP contribution is 2.33. The Bertz CT molecular complexity index is 663. The molecular weight excluding hydrogens is 252 g/mol. The predicted octanol–water partition coefficient (Wildman–Crippen LogP) is 1.63. The molecule has 5 heteroatoms. The summed E-state index contributed by atoms with van der Waals surface area (Å²) in [6.45, 7) is 1.85. The normalized spacial score (nSPS) is 21.9. The lowest BCUT2D eigenvalue weighted by Gasteiger charge is -2.15. The zero-order chi connectivity index (χ0) is 13.7. The molecule has 0 saturated carbocycles. The molecule has 2 aromatic rings. The van der Waals surface area contributed by atoms with Crippen molar-refractivity contribution in [2.75, 3.05) is 30.8 Å². The highest BCUT2D eigenvalue weighted by atomic mass is 16.5. The summed E-state index contributed by atoms with van der Waals surface area (Å²) in [4.78, 5) is 2.25. The van der Waals surface area contributed by atoms with Gasteiger partial charge in [0.15, 0.2) is 5.82 Å². The van der Waals surface area contributed by atoms with Gasteiger partial charge in [-0.1, -0.05) is 6.07 Å². The maximum absolute atomic E-state index is 6.33. The molecule has 4 rings (SSSR count). The number of methoxy groups -OCH3 is 1. The van der Waals surface area contributed by atoms with Gasteiger partial charge in [0.2, 0.25) is 0 Å². The van der Waals surface area contributed by atoms with E-state index in [4.69, 9.17) is 15.6 Å². The molecule has 1 aliphatic carbocycles. The van der Waals surface area contributed by atoms with Gasteiger partial charge in [-0.3, -0.25) is 0 Å². The number of aryl methyl sites for hydroxylation is 2. The molecule has 1 aliphatic heterocycles. The second-order valence-corrected chi connectivity index (χ2v) is 5.79. The van der Waals surface area contributed by atoms with E-state index in [9.17, 15) is 0 Å². The summed E-state index contributed by atoms with van der Waals surface area (Å²) >= 11 is 0. The Kier molecular flexibility index (Phi) is 2.63. The lowest BCUT2D eigenvalue weighted by molar-refractivity contribution is 0.121. The van der Waals surface area contributed by atoms with Crippen LogP contribution in [0.15, 0.2) is 12.1 Å². The Morgan fingerprint density at radius 2 is 2.25 bits per heavy atom. The van der Waals surface area contributed by atoms with Gasteiger partial charge in [0.25, 0.3) is 0 Å². The van der Waals surface area contributed by atoms with Crippen LogP contribution >= 0.6 is 0 Å². The summed E-state index contributed by atoms with van der Waals surface area (Å²) in [7, 11) is 1.77. The largest absolute Gasteiger partial charge is 0.394 e. The molecule has 3 heterocycles. The van der Waals surface area contributed by atoms with Crippen LogP contribution in [0, 0.1) is 0 Å². The van der Waals surface area contributed by atoms with E-state index in [-0.39, 0.29) is 0 Å². The average Bonchev–Trinajstić information content (AvgIpc) is 3.15. The third-order valence-electron chi connectivity index (χ3n) is 4.65. The molecule has 0 spiro atoms. The van der Waals surface area contributed by atoms with Gasteiger partial charge in [0.1, 0.15) is 5.69 Å². The number of pyridine rings is 1. The molecule has 5 nitrogen and oxygen atoms in total. The first-order chi connectivity index (χ1) is 9.78. The number of anilines is 2. The molecule has 0 aromatic carbocycles. The first-order valence-corrected chi connectivity index (χ1v) is 7.34. The molecular formula is C15H20N4O. The van der Waals surface area contributed by atoms with Gasteiger partial charge in [-0.15, -0.1) is 5.10 Å². The van der Waals surface area contributed by atoms with Crippen molar-refractivity contribution < 1.29 is 4.74 Å². The van der Waals surface area contributed by atoms with Crippen LogP contribution in [0.4, 0.5) is 11.5 Å². The van der Waals surface area contributed by atoms with E-state index in [1.54, 1.807) is 7.11 Å². The fraction of sp³-hybridized carbons (Fsp3) is 0.533. The summed E-state index contributed by atoms with van der Waals surface area (Å²) in [6.07, 6.45) is 4.83. The standard InChI is InChI=1S/C15H20N4O/c1-20-11-7-8-18(9-11)15-14(16)13-6-5-10-3-2-4-12(10)19(13)17-15/h5-6,11H,2-4,7-9,16H2,1H3. The van der Waals surface area contributed by atoms with Gasteiger partial charge < -0.3 is 15.4 Å². The Hall–Kier alpha value is -1.75. The summed E-state index contributed by atoms with van der Waals surface area (Å²) in [5.74, 6) is 0.921. The summed E-state index contributed by atoms with van der Waals surface area (Å²) in [5.41, 5.74) is 10.9. The van der Waals surface area contributed by atoms with Gasteiger partial charge in [-0.25, -0.2) is 4.52 Å². The van der Waals surface area contributed by atoms with Crippen LogP contribution in [-0.2, 0) is 17.6 Å². The van der Waals surface area contributed by atoms with Crippen molar-refractivity contribution in [1.29, 1.82) is 0 Å². The minimum atomic E-state index is 0.296. The number of fused-ring (bicyclic) bond motifs is 3. The zero-order valence-electron chi connectivity index (χ0n) is 11.8. The van der Waals surface area contributed by atoms with Gasteiger partial charge in [-0.2, -0.15) is 0 Å². The third kappa shape index (κ3) is 1.62. The van der Waals surface area contributed by atoms with Crippen molar-refractivity contribution in [3.05, 3.63) is 23.4 Å². The van der Waals surface area contributed by atoms with Gasteiger partial charge in [0, 0.05) is 25.9 Å². The lowest BCUT2D eigenvalue weighted by Crippen LogP contribution is -2.23. The Labute approximate surface area is 118 Å². The molecule has 0 radical (unpaired) electrons. The van der Waals surface area contributed by atoms with Crippen molar-refractivity contribution in [2.45, 2.75) is 31.8 Å². The van der Waals surface area contributed by atoms with E-state index in [1.165, 1.54) is 17.7 Å². The molecule has 0 amide bonds. The van der Waals surface area contributed by atoms with Crippen molar-refractivity contribution >= 4 is 17.0 Å². The first kappa shape index (κ1) is 12.0.